The van der Waals surface area contributed by atoms with Gasteiger partial charge in [-0.15, -0.1) is 0 Å². The minimum absolute atomic E-state index is 0.00683. The Morgan fingerprint density at radius 3 is 2.25 bits per heavy atom. The van der Waals surface area contributed by atoms with Crippen molar-refractivity contribution in [3.63, 3.8) is 0 Å². The first-order chi connectivity index (χ1) is 9.83. The van der Waals surface area contributed by atoms with Crippen LogP contribution >= 0.6 is 15.9 Å². The van der Waals surface area contributed by atoms with E-state index in [-0.39, 0.29) is 6.04 Å². The molecule has 0 spiro atoms. The van der Waals surface area contributed by atoms with E-state index in [0.29, 0.717) is 0 Å². The molecule has 0 saturated heterocycles. The molecule has 1 N–H and O–H groups in total. The SMILES string of the molecule is Brc1ccc(NC(c2ccccc2)c2ccco2)cc1. The van der Waals surface area contributed by atoms with Crippen LogP contribution in [0.25, 0.3) is 0 Å². The zero-order chi connectivity index (χ0) is 13.8. The molecule has 3 heteroatoms. The van der Waals surface area contributed by atoms with Crippen LogP contribution in [-0.2, 0) is 0 Å². The first-order valence-electron chi connectivity index (χ1n) is 6.43. The summed E-state index contributed by atoms with van der Waals surface area (Å²) in [6.45, 7) is 0. The molecular formula is C17H14BrNO. The third kappa shape index (κ3) is 2.94. The lowest BCUT2D eigenvalue weighted by atomic mass is 10.0. The molecule has 0 amide bonds. The van der Waals surface area contributed by atoms with Crippen molar-refractivity contribution in [3.05, 3.63) is 88.8 Å². The van der Waals surface area contributed by atoms with Gasteiger partial charge in [-0.25, -0.2) is 0 Å². The maximum atomic E-state index is 5.57. The number of hydrogen-bond acceptors (Lipinski definition) is 2. The van der Waals surface area contributed by atoms with E-state index in [4.69, 9.17) is 4.42 Å². The third-order valence-electron chi connectivity index (χ3n) is 3.12. The number of furan rings is 1. The smallest absolute Gasteiger partial charge is 0.130 e. The third-order valence-corrected chi connectivity index (χ3v) is 3.64. The first-order valence-corrected chi connectivity index (χ1v) is 7.23. The van der Waals surface area contributed by atoms with Crippen molar-refractivity contribution >= 4 is 21.6 Å². The zero-order valence-corrected chi connectivity index (χ0v) is 12.4. The van der Waals surface area contributed by atoms with E-state index in [1.807, 2.05) is 54.6 Å². The quantitative estimate of drug-likeness (QED) is 0.708. The zero-order valence-electron chi connectivity index (χ0n) is 10.8. The van der Waals surface area contributed by atoms with E-state index in [1.165, 1.54) is 5.56 Å². The Balaban J connectivity index is 1.92. The highest BCUT2D eigenvalue weighted by Gasteiger charge is 2.16. The van der Waals surface area contributed by atoms with Crippen LogP contribution in [0.4, 0.5) is 5.69 Å². The molecule has 2 aromatic carbocycles. The minimum atomic E-state index is 0.00683. The standard InChI is InChI=1S/C17H14BrNO/c18-14-8-10-15(11-9-14)19-17(16-7-4-12-20-16)13-5-2-1-3-6-13/h1-12,17,19H. The highest BCUT2D eigenvalue weighted by molar-refractivity contribution is 9.10. The van der Waals surface area contributed by atoms with Gasteiger partial charge in [0.25, 0.3) is 0 Å². The summed E-state index contributed by atoms with van der Waals surface area (Å²) in [5.74, 6) is 0.902. The minimum Gasteiger partial charge on any atom is -0.467 e. The van der Waals surface area contributed by atoms with E-state index in [0.717, 1.165) is 15.9 Å². The van der Waals surface area contributed by atoms with Gasteiger partial charge in [0.05, 0.1) is 6.26 Å². The molecule has 0 aliphatic rings. The molecule has 0 fully saturated rings. The molecule has 3 aromatic rings. The fourth-order valence-corrected chi connectivity index (χ4v) is 2.40. The van der Waals surface area contributed by atoms with Crippen molar-refractivity contribution in [2.75, 3.05) is 5.32 Å². The van der Waals surface area contributed by atoms with Gasteiger partial charge in [0.2, 0.25) is 0 Å². The number of rotatable bonds is 4. The number of benzene rings is 2. The molecule has 1 heterocycles. The lowest BCUT2D eigenvalue weighted by Crippen LogP contribution is -2.11. The summed E-state index contributed by atoms with van der Waals surface area (Å²) in [6, 6.07) is 22.3. The number of halogens is 1. The molecule has 0 aliphatic carbocycles. The fourth-order valence-electron chi connectivity index (χ4n) is 2.13. The summed E-state index contributed by atoms with van der Waals surface area (Å²) in [5, 5.41) is 3.51. The summed E-state index contributed by atoms with van der Waals surface area (Å²) in [7, 11) is 0. The van der Waals surface area contributed by atoms with Crippen LogP contribution in [0.5, 0.6) is 0 Å². The monoisotopic (exact) mass is 327 g/mol. The fraction of sp³-hybridized carbons (Fsp3) is 0.0588. The van der Waals surface area contributed by atoms with Gasteiger partial charge in [-0.3, -0.25) is 0 Å². The Morgan fingerprint density at radius 1 is 0.850 bits per heavy atom. The van der Waals surface area contributed by atoms with Crippen LogP contribution in [0.1, 0.15) is 17.4 Å². The maximum Gasteiger partial charge on any atom is 0.130 e. The second-order valence-electron chi connectivity index (χ2n) is 4.51. The van der Waals surface area contributed by atoms with Crippen molar-refractivity contribution in [1.29, 1.82) is 0 Å². The first kappa shape index (κ1) is 13.0. The van der Waals surface area contributed by atoms with Crippen LogP contribution < -0.4 is 5.32 Å². The van der Waals surface area contributed by atoms with Gasteiger partial charge < -0.3 is 9.73 Å². The Bertz CT molecular complexity index is 647. The number of nitrogens with one attached hydrogen (secondary N) is 1. The predicted molar refractivity (Wildman–Crippen MR) is 84.8 cm³/mol. The highest BCUT2D eigenvalue weighted by Crippen LogP contribution is 2.27. The van der Waals surface area contributed by atoms with Crippen molar-refractivity contribution in [3.8, 4) is 0 Å². The van der Waals surface area contributed by atoms with Gasteiger partial charge in [-0.1, -0.05) is 46.3 Å². The van der Waals surface area contributed by atoms with Gasteiger partial charge in [0, 0.05) is 10.2 Å². The van der Waals surface area contributed by atoms with Crippen molar-refractivity contribution in [2.24, 2.45) is 0 Å². The normalized spacial score (nSPS) is 12.1. The molecule has 0 bridgehead atoms. The molecule has 20 heavy (non-hydrogen) atoms. The summed E-state index contributed by atoms with van der Waals surface area (Å²) in [6.07, 6.45) is 1.70. The lowest BCUT2D eigenvalue weighted by molar-refractivity contribution is 0.499. The summed E-state index contributed by atoms with van der Waals surface area (Å²) < 4.78 is 6.64. The Labute approximate surface area is 126 Å². The summed E-state index contributed by atoms with van der Waals surface area (Å²) in [4.78, 5) is 0. The van der Waals surface area contributed by atoms with Crippen molar-refractivity contribution in [2.45, 2.75) is 6.04 Å². The molecule has 1 unspecified atom stereocenters. The average Bonchev–Trinajstić information content (AvgIpc) is 3.01. The van der Waals surface area contributed by atoms with Crippen LogP contribution in [-0.4, -0.2) is 0 Å². The Kier molecular flexibility index (Phi) is 3.88. The van der Waals surface area contributed by atoms with E-state index < -0.39 is 0 Å². The van der Waals surface area contributed by atoms with Gasteiger partial charge >= 0.3 is 0 Å². The molecular weight excluding hydrogens is 314 g/mol. The van der Waals surface area contributed by atoms with Crippen LogP contribution in [0.15, 0.2) is 81.9 Å². The molecule has 0 aliphatic heterocycles. The van der Waals surface area contributed by atoms with Gasteiger partial charge in [0.1, 0.15) is 11.8 Å². The topological polar surface area (TPSA) is 25.2 Å². The van der Waals surface area contributed by atoms with Gasteiger partial charge in [-0.2, -0.15) is 0 Å². The van der Waals surface area contributed by atoms with Crippen LogP contribution in [0, 0.1) is 0 Å². The van der Waals surface area contributed by atoms with Crippen LogP contribution in [0.2, 0.25) is 0 Å². The predicted octanol–water partition coefficient (Wildman–Crippen LogP) is 5.24. The van der Waals surface area contributed by atoms with E-state index in [2.05, 4.69) is 33.4 Å². The van der Waals surface area contributed by atoms with E-state index in [9.17, 15) is 0 Å². The maximum absolute atomic E-state index is 5.57. The largest absolute Gasteiger partial charge is 0.467 e. The molecule has 2 nitrogen and oxygen atoms in total. The van der Waals surface area contributed by atoms with Gasteiger partial charge in [0.15, 0.2) is 0 Å². The van der Waals surface area contributed by atoms with Crippen molar-refractivity contribution < 1.29 is 4.42 Å². The van der Waals surface area contributed by atoms with E-state index in [1.54, 1.807) is 6.26 Å². The highest BCUT2D eigenvalue weighted by atomic mass is 79.9. The summed E-state index contributed by atoms with van der Waals surface area (Å²) in [5.41, 5.74) is 2.23. The molecule has 0 radical (unpaired) electrons. The number of anilines is 1. The summed E-state index contributed by atoms with van der Waals surface area (Å²) >= 11 is 3.45. The molecule has 3 rings (SSSR count). The van der Waals surface area contributed by atoms with Crippen LogP contribution in [0.3, 0.4) is 0 Å². The molecule has 0 saturated carbocycles. The molecule has 1 aromatic heterocycles. The Morgan fingerprint density at radius 2 is 1.60 bits per heavy atom. The second kappa shape index (κ2) is 5.97. The molecule has 1 atom stereocenters. The van der Waals surface area contributed by atoms with E-state index >= 15 is 0 Å². The average molecular weight is 328 g/mol. The van der Waals surface area contributed by atoms with Crippen molar-refractivity contribution in [1.82, 2.24) is 0 Å². The molecule has 100 valence electrons. The Hall–Kier alpha value is -2.00. The number of hydrogen-bond donors (Lipinski definition) is 1. The lowest BCUT2D eigenvalue weighted by Gasteiger charge is -2.18. The second-order valence-corrected chi connectivity index (χ2v) is 5.43. The van der Waals surface area contributed by atoms with Gasteiger partial charge in [-0.05, 0) is 42.0 Å².